The summed E-state index contributed by atoms with van der Waals surface area (Å²) >= 11 is 0. The molecule has 1 heterocycles. The molecule has 0 saturated heterocycles. The molecule has 0 spiro atoms. The average molecular weight is 250 g/mol. The average Bonchev–Trinajstić information content (AvgIpc) is 2.25. The summed E-state index contributed by atoms with van der Waals surface area (Å²) < 4.78 is 5.61. The Morgan fingerprint density at radius 3 is 2.83 bits per heavy atom. The predicted molar refractivity (Wildman–Crippen MR) is 71.8 cm³/mol. The highest BCUT2D eigenvalue weighted by molar-refractivity contribution is 5.34. The number of aromatic nitrogens is 2. The van der Waals surface area contributed by atoms with E-state index in [1.165, 1.54) is 19.3 Å². The van der Waals surface area contributed by atoms with Crippen LogP contribution in [0.4, 0.5) is 5.95 Å². The fraction of sp³-hybridized carbons (Fsp3) is 0.692. The zero-order valence-electron chi connectivity index (χ0n) is 11.2. The molecule has 5 nitrogen and oxygen atoms in total. The van der Waals surface area contributed by atoms with Crippen molar-refractivity contribution in [3.8, 4) is 5.88 Å². The van der Waals surface area contributed by atoms with Crippen LogP contribution in [0.3, 0.4) is 0 Å². The topological polar surface area (TPSA) is 64.3 Å². The Kier molecular flexibility index (Phi) is 4.36. The standard InChI is InChI=1S/C13H22N4O/c1-10(2)18-12-6-8-15-13(16-12)17(9-7-14)11-4-3-5-11/h6,8,10-11H,3-5,7,9,14H2,1-2H3. The van der Waals surface area contributed by atoms with Gasteiger partial charge in [0.05, 0.1) is 6.10 Å². The smallest absolute Gasteiger partial charge is 0.228 e. The molecule has 0 aliphatic heterocycles. The van der Waals surface area contributed by atoms with Crippen molar-refractivity contribution < 1.29 is 4.74 Å². The van der Waals surface area contributed by atoms with E-state index < -0.39 is 0 Å². The summed E-state index contributed by atoms with van der Waals surface area (Å²) in [7, 11) is 0. The lowest BCUT2D eigenvalue weighted by Crippen LogP contribution is -2.44. The van der Waals surface area contributed by atoms with E-state index in [0.29, 0.717) is 18.5 Å². The van der Waals surface area contributed by atoms with Crippen molar-refractivity contribution in [1.82, 2.24) is 9.97 Å². The van der Waals surface area contributed by atoms with Gasteiger partial charge in [0.2, 0.25) is 11.8 Å². The Morgan fingerprint density at radius 2 is 2.28 bits per heavy atom. The molecule has 0 atom stereocenters. The van der Waals surface area contributed by atoms with Gasteiger partial charge in [-0.1, -0.05) is 0 Å². The number of rotatable bonds is 6. The molecule has 1 fully saturated rings. The van der Waals surface area contributed by atoms with E-state index in [1.54, 1.807) is 12.3 Å². The highest BCUT2D eigenvalue weighted by Crippen LogP contribution is 2.27. The molecule has 0 unspecified atom stereocenters. The zero-order valence-corrected chi connectivity index (χ0v) is 11.2. The lowest BCUT2D eigenvalue weighted by molar-refractivity contribution is 0.232. The van der Waals surface area contributed by atoms with Crippen LogP contribution in [0.1, 0.15) is 33.1 Å². The molecule has 1 saturated carbocycles. The Balaban J connectivity index is 2.13. The Morgan fingerprint density at radius 1 is 1.50 bits per heavy atom. The van der Waals surface area contributed by atoms with Gasteiger partial charge in [-0.05, 0) is 33.1 Å². The summed E-state index contributed by atoms with van der Waals surface area (Å²) in [5.41, 5.74) is 5.67. The third-order valence-electron chi connectivity index (χ3n) is 3.12. The molecular formula is C13H22N4O. The van der Waals surface area contributed by atoms with Crippen LogP contribution >= 0.6 is 0 Å². The first-order valence-corrected chi connectivity index (χ1v) is 6.67. The van der Waals surface area contributed by atoms with Gasteiger partial charge in [-0.3, -0.25) is 0 Å². The molecule has 0 radical (unpaired) electrons. The first-order chi connectivity index (χ1) is 8.70. The number of hydrogen-bond acceptors (Lipinski definition) is 5. The molecule has 100 valence electrons. The van der Waals surface area contributed by atoms with Gasteiger partial charge in [-0.15, -0.1) is 0 Å². The summed E-state index contributed by atoms with van der Waals surface area (Å²) in [5, 5.41) is 0. The van der Waals surface area contributed by atoms with Crippen molar-refractivity contribution in [3.05, 3.63) is 12.3 Å². The number of ether oxygens (including phenoxy) is 1. The SMILES string of the molecule is CC(C)Oc1ccnc(N(CCN)C2CCC2)n1. The highest BCUT2D eigenvalue weighted by atomic mass is 16.5. The molecule has 18 heavy (non-hydrogen) atoms. The molecule has 0 bridgehead atoms. The number of anilines is 1. The van der Waals surface area contributed by atoms with Crippen LogP contribution in [0, 0.1) is 0 Å². The van der Waals surface area contributed by atoms with E-state index in [4.69, 9.17) is 10.5 Å². The number of nitrogens with two attached hydrogens (primary N) is 1. The van der Waals surface area contributed by atoms with E-state index in [0.717, 1.165) is 12.5 Å². The quantitative estimate of drug-likeness (QED) is 0.830. The van der Waals surface area contributed by atoms with E-state index in [9.17, 15) is 0 Å². The van der Waals surface area contributed by atoms with Crippen LogP contribution in [-0.4, -0.2) is 35.2 Å². The van der Waals surface area contributed by atoms with E-state index in [2.05, 4.69) is 14.9 Å². The van der Waals surface area contributed by atoms with Crippen LogP contribution in [0.15, 0.2) is 12.3 Å². The van der Waals surface area contributed by atoms with Gasteiger partial charge in [0.15, 0.2) is 0 Å². The largest absolute Gasteiger partial charge is 0.475 e. The minimum absolute atomic E-state index is 0.124. The maximum Gasteiger partial charge on any atom is 0.228 e. The number of nitrogens with zero attached hydrogens (tertiary/aromatic N) is 3. The Labute approximate surface area is 108 Å². The third-order valence-corrected chi connectivity index (χ3v) is 3.12. The first kappa shape index (κ1) is 13.1. The maximum absolute atomic E-state index is 5.67. The third kappa shape index (κ3) is 3.10. The normalized spacial score (nSPS) is 15.6. The predicted octanol–water partition coefficient (Wildman–Crippen LogP) is 1.58. The molecule has 5 heteroatoms. The van der Waals surface area contributed by atoms with Crippen molar-refractivity contribution in [1.29, 1.82) is 0 Å². The molecular weight excluding hydrogens is 228 g/mol. The van der Waals surface area contributed by atoms with E-state index >= 15 is 0 Å². The lowest BCUT2D eigenvalue weighted by atomic mass is 9.91. The second-order valence-corrected chi connectivity index (χ2v) is 4.93. The van der Waals surface area contributed by atoms with Gasteiger partial charge < -0.3 is 15.4 Å². The number of hydrogen-bond donors (Lipinski definition) is 1. The van der Waals surface area contributed by atoms with Crippen LogP contribution in [0.5, 0.6) is 5.88 Å². The van der Waals surface area contributed by atoms with E-state index in [-0.39, 0.29) is 6.10 Å². The second-order valence-electron chi connectivity index (χ2n) is 4.93. The van der Waals surface area contributed by atoms with Gasteiger partial charge in [-0.25, -0.2) is 4.98 Å². The maximum atomic E-state index is 5.67. The van der Waals surface area contributed by atoms with Crippen molar-refractivity contribution in [3.63, 3.8) is 0 Å². The van der Waals surface area contributed by atoms with Gasteiger partial charge in [0, 0.05) is 31.4 Å². The fourth-order valence-corrected chi connectivity index (χ4v) is 2.06. The minimum atomic E-state index is 0.124. The highest BCUT2D eigenvalue weighted by Gasteiger charge is 2.26. The molecule has 1 aromatic heterocycles. The molecule has 2 rings (SSSR count). The van der Waals surface area contributed by atoms with Crippen molar-refractivity contribution in [2.45, 2.75) is 45.3 Å². The monoisotopic (exact) mass is 250 g/mol. The van der Waals surface area contributed by atoms with Gasteiger partial charge in [0.1, 0.15) is 0 Å². The van der Waals surface area contributed by atoms with Crippen LogP contribution in [-0.2, 0) is 0 Å². The van der Waals surface area contributed by atoms with Crippen molar-refractivity contribution >= 4 is 5.95 Å². The minimum Gasteiger partial charge on any atom is -0.475 e. The Bertz CT molecular complexity index is 379. The summed E-state index contributed by atoms with van der Waals surface area (Å²) in [6.07, 6.45) is 5.58. The van der Waals surface area contributed by atoms with Crippen LogP contribution in [0.2, 0.25) is 0 Å². The molecule has 1 aliphatic rings. The van der Waals surface area contributed by atoms with Gasteiger partial charge >= 0.3 is 0 Å². The van der Waals surface area contributed by atoms with Crippen LogP contribution < -0.4 is 15.4 Å². The zero-order chi connectivity index (χ0) is 13.0. The molecule has 0 amide bonds. The Hall–Kier alpha value is -1.36. The van der Waals surface area contributed by atoms with Crippen molar-refractivity contribution in [2.24, 2.45) is 5.73 Å². The fourth-order valence-electron chi connectivity index (χ4n) is 2.06. The first-order valence-electron chi connectivity index (χ1n) is 6.67. The summed E-state index contributed by atoms with van der Waals surface area (Å²) in [5.74, 6) is 1.37. The van der Waals surface area contributed by atoms with Crippen molar-refractivity contribution in [2.75, 3.05) is 18.0 Å². The summed E-state index contributed by atoms with van der Waals surface area (Å²) in [4.78, 5) is 11.0. The van der Waals surface area contributed by atoms with Gasteiger partial charge in [0.25, 0.3) is 0 Å². The van der Waals surface area contributed by atoms with E-state index in [1.807, 2.05) is 13.8 Å². The summed E-state index contributed by atoms with van der Waals surface area (Å²) in [6.45, 7) is 5.40. The molecule has 0 aromatic carbocycles. The molecule has 1 aromatic rings. The van der Waals surface area contributed by atoms with Gasteiger partial charge in [-0.2, -0.15) is 4.98 Å². The second kappa shape index (κ2) is 6.00. The lowest BCUT2D eigenvalue weighted by Gasteiger charge is -2.37. The molecule has 1 aliphatic carbocycles. The molecule has 2 N–H and O–H groups in total. The van der Waals surface area contributed by atoms with Crippen LogP contribution in [0.25, 0.3) is 0 Å². The summed E-state index contributed by atoms with van der Waals surface area (Å²) in [6, 6.07) is 2.34.